The summed E-state index contributed by atoms with van der Waals surface area (Å²) in [6.45, 7) is 30.5. The minimum atomic E-state index is 0.417. The second-order valence-corrected chi connectivity index (χ2v) is 43.4. The first-order chi connectivity index (χ1) is 49.2. The Kier molecular flexibility index (Phi) is 24.1. The van der Waals surface area contributed by atoms with Crippen molar-refractivity contribution in [1.82, 2.24) is 0 Å². The molecule has 7 heteroatoms. The molecule has 0 N–H and O–H groups in total. The van der Waals surface area contributed by atoms with Gasteiger partial charge >= 0.3 is 0 Å². The van der Waals surface area contributed by atoms with Gasteiger partial charge in [0.25, 0.3) is 0 Å². The fraction of sp³-hybridized carbons (Fsp3) is 1.00. The van der Waals surface area contributed by atoms with E-state index in [2.05, 4.69) is 96.9 Å². The zero-order valence-corrected chi connectivity index (χ0v) is 68.4. The van der Waals surface area contributed by atoms with Crippen molar-refractivity contribution >= 4 is 0 Å². The molecule has 0 aromatic carbocycles. The lowest BCUT2D eigenvalue weighted by Crippen LogP contribution is -2.50. The smallest absolute Gasteiger partial charge is 0.0635 e. The first-order valence-electron chi connectivity index (χ1n) is 46.8. The van der Waals surface area contributed by atoms with Crippen molar-refractivity contribution < 1.29 is 33.2 Å². The molecule has 18 bridgehead atoms. The Balaban J connectivity index is 0.0000000926. The van der Waals surface area contributed by atoms with Crippen molar-refractivity contribution in [3.05, 3.63) is 0 Å². The molecule has 23 saturated carbocycles. The van der Waals surface area contributed by atoms with Gasteiger partial charge in [-0.2, -0.15) is 0 Å². The number of fused-ring (bicyclic) bond motifs is 34. The molecule has 0 aromatic heterocycles. The van der Waals surface area contributed by atoms with Crippen LogP contribution >= 0.6 is 0 Å². The van der Waals surface area contributed by atoms with Crippen molar-refractivity contribution in [2.24, 2.45) is 178 Å². The van der Waals surface area contributed by atoms with E-state index in [1.165, 1.54) is 180 Å². The molecule has 23 fully saturated rings. The standard InChI is InChI=1S/C18H28O.C15H24O.3C13H22O.C13H24O.C10H18O/c1-9(2)19-16-7-10-6-15(16)18-14-8-13(17(10)18)11-4-3-5-12(11)14;1-8(2)16-13-7-11-6-12(13)15-10-4-3-9(5-10)14(11)15;1-8(2)14-13-11-4-9-3-10(6-11)7-12(13)5-9;1-8(2)14-11-6-12-9-3-4-10(5-9)13(12)7-11;1-8(2)14-13-7-9-6-12(13)11-5-3-4-10(9)11;1-10(2)14-13-8-7-11-5-3-4-6-12(11)9-13;1-7(2)11-10-6-8-3-4-9(10)5-8/h9-18H,3-8H2,1-2H3;8-15H,3-7H2,1-2H3;3*8-13H,3-7H2,1-2H3;10-13H,3-9H2,1-2H3;7-10H,3-6H2,1-2H3. The summed E-state index contributed by atoms with van der Waals surface area (Å²) >= 11 is 0. The molecule has 31 unspecified atom stereocenters. The summed E-state index contributed by atoms with van der Waals surface area (Å²) in [5.41, 5.74) is 0. The van der Waals surface area contributed by atoms with Gasteiger partial charge in [0.05, 0.1) is 85.5 Å². The second-order valence-electron chi connectivity index (χ2n) is 43.4. The fourth-order valence-corrected chi connectivity index (χ4v) is 33.2. The summed E-state index contributed by atoms with van der Waals surface area (Å²) in [7, 11) is 0. The monoisotopic (exact) mass is 1410 g/mol. The predicted octanol–water partition coefficient (Wildman–Crippen LogP) is 23.7. The van der Waals surface area contributed by atoms with Gasteiger partial charge in [0.2, 0.25) is 0 Å². The Morgan fingerprint density at radius 1 is 0.176 bits per heavy atom. The fourth-order valence-electron chi connectivity index (χ4n) is 33.2. The molecule has 0 saturated heterocycles. The average molecular weight is 1410 g/mol. The van der Waals surface area contributed by atoms with Crippen LogP contribution in [0.5, 0.6) is 0 Å². The highest BCUT2D eigenvalue weighted by Gasteiger charge is 2.69. The first-order valence-corrected chi connectivity index (χ1v) is 46.8. The van der Waals surface area contributed by atoms with Gasteiger partial charge in [0.15, 0.2) is 0 Å². The van der Waals surface area contributed by atoms with E-state index < -0.39 is 0 Å². The van der Waals surface area contributed by atoms with E-state index in [0.717, 1.165) is 178 Å². The SMILES string of the molecule is CC(C)OC1C2CC3CC(C2)CC1C3.CC(C)OC1CC2C3CCC(C3)C2C1.CC(C)OC1CC2CC1C1C3CC(C4CCCC43)C21.CC(C)OC1CC2CC1C1C3CCC(C3)C21.CC(C)OC1CC2CC1C1CCCC21.CC(C)OC1CC2CCC1C2.CC(C)OC1CCC2CCCCC2C1. The molecule has 31 atom stereocenters. The van der Waals surface area contributed by atoms with E-state index in [4.69, 9.17) is 33.2 Å². The van der Waals surface area contributed by atoms with Crippen molar-refractivity contribution in [2.75, 3.05) is 0 Å². The van der Waals surface area contributed by atoms with Gasteiger partial charge in [-0.3, -0.25) is 0 Å². The second kappa shape index (κ2) is 32.4. The Morgan fingerprint density at radius 3 is 1.18 bits per heavy atom. The summed E-state index contributed by atoms with van der Waals surface area (Å²) in [4.78, 5) is 0. The quantitative estimate of drug-likeness (QED) is 0.161. The number of rotatable bonds is 14. The molecular weight excluding hydrogens is 1250 g/mol. The number of ether oxygens (including phenoxy) is 7. The summed E-state index contributed by atoms with van der Waals surface area (Å²) in [6.07, 6.45) is 62.1. The summed E-state index contributed by atoms with van der Waals surface area (Å²) < 4.78 is 42.4. The summed E-state index contributed by atoms with van der Waals surface area (Å²) in [6, 6.07) is 0. The number of hydrogen-bond acceptors (Lipinski definition) is 7. The van der Waals surface area contributed by atoms with Crippen LogP contribution in [0.1, 0.15) is 335 Å². The molecule has 0 spiro atoms. The van der Waals surface area contributed by atoms with Crippen molar-refractivity contribution in [1.29, 1.82) is 0 Å². The van der Waals surface area contributed by atoms with Crippen molar-refractivity contribution in [3.63, 3.8) is 0 Å². The minimum absolute atomic E-state index is 0.417. The van der Waals surface area contributed by atoms with E-state index in [1.54, 1.807) is 57.8 Å². The molecule has 7 nitrogen and oxygen atoms in total. The zero-order chi connectivity index (χ0) is 70.5. The van der Waals surface area contributed by atoms with Crippen LogP contribution in [0.25, 0.3) is 0 Å². The molecule has 23 rings (SSSR count). The molecule has 102 heavy (non-hydrogen) atoms. The highest BCUT2D eigenvalue weighted by atomic mass is 16.5. The van der Waals surface area contributed by atoms with E-state index in [0.29, 0.717) is 85.5 Å². The first kappa shape index (κ1) is 75.7. The maximum atomic E-state index is 6.27. The van der Waals surface area contributed by atoms with E-state index >= 15 is 0 Å². The van der Waals surface area contributed by atoms with Crippen LogP contribution in [-0.4, -0.2) is 85.5 Å². The van der Waals surface area contributed by atoms with Crippen molar-refractivity contribution in [2.45, 2.75) is 420 Å². The molecule has 0 aromatic rings. The highest BCUT2D eigenvalue weighted by molar-refractivity contribution is 5.17. The molecular formula is C95H160O7. The van der Waals surface area contributed by atoms with E-state index in [1.807, 2.05) is 0 Å². The third-order valence-corrected chi connectivity index (χ3v) is 35.2. The molecule has 23 aliphatic rings. The Bertz CT molecular complexity index is 2600. The Morgan fingerprint density at radius 2 is 0.608 bits per heavy atom. The highest BCUT2D eigenvalue weighted by Crippen LogP contribution is 2.74. The number of hydrogen-bond donors (Lipinski definition) is 0. The lowest BCUT2D eigenvalue weighted by molar-refractivity contribution is -0.143. The van der Waals surface area contributed by atoms with Crippen LogP contribution in [0.4, 0.5) is 0 Å². The third kappa shape index (κ3) is 16.0. The third-order valence-electron chi connectivity index (χ3n) is 35.2. The van der Waals surface area contributed by atoms with Gasteiger partial charge in [-0.05, 0) is 474 Å². The average Bonchev–Trinajstić information content (AvgIpc) is 1.53. The predicted molar refractivity (Wildman–Crippen MR) is 416 cm³/mol. The lowest BCUT2D eigenvalue weighted by atomic mass is 9.55. The van der Waals surface area contributed by atoms with Crippen LogP contribution in [0.3, 0.4) is 0 Å². The Hall–Kier alpha value is -0.280. The Labute approximate surface area is 627 Å². The molecule has 0 radical (unpaired) electrons. The largest absolute Gasteiger partial charge is 0.376 e. The van der Waals surface area contributed by atoms with Gasteiger partial charge in [-0.15, -0.1) is 0 Å². The van der Waals surface area contributed by atoms with Gasteiger partial charge in [0, 0.05) is 0 Å². The molecule has 582 valence electrons. The van der Waals surface area contributed by atoms with Crippen LogP contribution in [0.15, 0.2) is 0 Å². The van der Waals surface area contributed by atoms with Gasteiger partial charge in [-0.25, -0.2) is 0 Å². The van der Waals surface area contributed by atoms with Crippen LogP contribution < -0.4 is 0 Å². The van der Waals surface area contributed by atoms with E-state index in [-0.39, 0.29) is 0 Å². The molecule has 23 aliphatic carbocycles. The zero-order valence-electron chi connectivity index (χ0n) is 68.4. The maximum absolute atomic E-state index is 6.27. The van der Waals surface area contributed by atoms with Gasteiger partial charge in [0.1, 0.15) is 0 Å². The topological polar surface area (TPSA) is 64.6 Å². The van der Waals surface area contributed by atoms with Crippen LogP contribution in [0, 0.1) is 178 Å². The molecule has 0 heterocycles. The molecule has 0 aliphatic heterocycles. The maximum Gasteiger partial charge on any atom is 0.0635 e. The summed E-state index contributed by atoms with van der Waals surface area (Å²) in [5, 5.41) is 0. The van der Waals surface area contributed by atoms with Crippen LogP contribution in [0.2, 0.25) is 0 Å². The normalized spacial score (nSPS) is 51.0. The molecule has 0 amide bonds. The van der Waals surface area contributed by atoms with Crippen molar-refractivity contribution in [3.8, 4) is 0 Å². The van der Waals surface area contributed by atoms with Crippen LogP contribution in [-0.2, 0) is 33.2 Å². The summed E-state index contributed by atoms with van der Waals surface area (Å²) in [5.74, 6) is 31.7. The van der Waals surface area contributed by atoms with Gasteiger partial charge in [-0.1, -0.05) is 38.5 Å². The van der Waals surface area contributed by atoms with Gasteiger partial charge < -0.3 is 33.2 Å². The lowest BCUT2D eigenvalue weighted by Gasteiger charge is -2.54. The van der Waals surface area contributed by atoms with E-state index in [9.17, 15) is 0 Å². The minimum Gasteiger partial charge on any atom is -0.376 e.